The van der Waals surface area contributed by atoms with Crippen molar-refractivity contribution in [1.29, 1.82) is 0 Å². The summed E-state index contributed by atoms with van der Waals surface area (Å²) in [7, 11) is 0. The molecule has 1 heterocycles. The van der Waals surface area contributed by atoms with Gasteiger partial charge < -0.3 is 14.4 Å². The van der Waals surface area contributed by atoms with Crippen molar-refractivity contribution in [3.8, 4) is 5.75 Å². The first-order chi connectivity index (χ1) is 11.7. The summed E-state index contributed by atoms with van der Waals surface area (Å²) in [6.45, 7) is 6.34. The molecule has 0 bridgehead atoms. The molecule has 0 unspecified atom stereocenters. The fourth-order valence-electron chi connectivity index (χ4n) is 2.48. The van der Waals surface area contributed by atoms with Gasteiger partial charge in [-0.1, -0.05) is 6.07 Å². The van der Waals surface area contributed by atoms with Gasteiger partial charge in [0.05, 0.1) is 13.0 Å². The molecule has 1 saturated heterocycles. The predicted molar refractivity (Wildman–Crippen MR) is 89.3 cm³/mol. The molecule has 0 radical (unpaired) electrons. The van der Waals surface area contributed by atoms with Gasteiger partial charge in [0.25, 0.3) is 0 Å². The highest BCUT2D eigenvalue weighted by Crippen LogP contribution is 2.22. The number of nitrogens with one attached hydrogen (secondary N) is 1. The maximum atomic E-state index is 14.0. The van der Waals surface area contributed by atoms with Crippen LogP contribution in [-0.2, 0) is 16.0 Å². The molecule has 1 aliphatic rings. The first kappa shape index (κ1) is 19.0. The Morgan fingerprint density at radius 1 is 1.40 bits per heavy atom. The number of halogens is 1. The molecule has 2 amide bonds. The molecule has 1 fully saturated rings. The van der Waals surface area contributed by atoms with Crippen molar-refractivity contribution in [3.05, 3.63) is 29.6 Å². The largest absolute Gasteiger partial charge is 0.488 e. The van der Waals surface area contributed by atoms with Gasteiger partial charge in [-0.2, -0.15) is 0 Å². The highest BCUT2D eigenvalue weighted by Gasteiger charge is 2.31. The zero-order valence-corrected chi connectivity index (χ0v) is 14.7. The lowest BCUT2D eigenvalue weighted by molar-refractivity contribution is -0.120. The topological polar surface area (TPSA) is 93.9 Å². The molecule has 138 valence electrons. The molecule has 1 atom stereocenters. The second kappa shape index (κ2) is 7.69. The maximum absolute atomic E-state index is 14.0. The van der Waals surface area contributed by atoms with Gasteiger partial charge in [0.15, 0.2) is 0 Å². The summed E-state index contributed by atoms with van der Waals surface area (Å²) in [6, 6.07) is 4.31. The first-order valence-corrected chi connectivity index (χ1v) is 8.10. The van der Waals surface area contributed by atoms with Crippen molar-refractivity contribution in [3.63, 3.8) is 0 Å². The summed E-state index contributed by atoms with van der Waals surface area (Å²) in [5.41, 5.74) is 1.64. The highest BCUT2D eigenvalue weighted by atomic mass is 19.1. The minimum Gasteiger partial charge on any atom is -0.488 e. The van der Waals surface area contributed by atoms with E-state index in [2.05, 4.69) is 0 Å². The van der Waals surface area contributed by atoms with Crippen LogP contribution in [0.1, 0.15) is 32.8 Å². The molecular weight excluding hydrogens is 329 g/mol. The number of rotatable bonds is 4. The summed E-state index contributed by atoms with van der Waals surface area (Å²) >= 11 is 0. The zero-order chi connectivity index (χ0) is 18.6. The van der Waals surface area contributed by atoms with E-state index in [1.807, 2.05) is 26.2 Å². The number of amides is 2. The molecule has 0 spiro atoms. The zero-order valence-electron chi connectivity index (χ0n) is 14.7. The van der Waals surface area contributed by atoms with E-state index in [4.69, 9.17) is 15.3 Å². The SMILES string of the molecule is CC(C)(C)OC(=O)N1CC[C@@H](Oc2ccc(CC(=O)NN)c(F)c2)C1. The Balaban J connectivity index is 1.92. The Hall–Kier alpha value is -2.35. The van der Waals surface area contributed by atoms with E-state index >= 15 is 0 Å². The quantitative estimate of drug-likeness (QED) is 0.489. The van der Waals surface area contributed by atoms with Gasteiger partial charge in [-0.15, -0.1) is 0 Å². The van der Waals surface area contributed by atoms with Gasteiger partial charge in [0.2, 0.25) is 5.91 Å². The lowest BCUT2D eigenvalue weighted by Gasteiger charge is -2.24. The first-order valence-electron chi connectivity index (χ1n) is 8.10. The number of ether oxygens (including phenoxy) is 2. The Kier molecular flexibility index (Phi) is 5.84. The molecule has 1 aromatic carbocycles. The van der Waals surface area contributed by atoms with Gasteiger partial charge in [-0.25, -0.2) is 15.0 Å². The average Bonchev–Trinajstić information content (AvgIpc) is 2.97. The molecule has 1 aliphatic heterocycles. The smallest absolute Gasteiger partial charge is 0.410 e. The van der Waals surface area contributed by atoms with Gasteiger partial charge >= 0.3 is 6.09 Å². The third kappa shape index (κ3) is 5.60. The third-order valence-electron chi connectivity index (χ3n) is 3.64. The van der Waals surface area contributed by atoms with Crippen LogP contribution in [0.5, 0.6) is 5.75 Å². The van der Waals surface area contributed by atoms with Crippen LogP contribution in [-0.4, -0.2) is 41.7 Å². The van der Waals surface area contributed by atoms with Crippen LogP contribution in [0.25, 0.3) is 0 Å². The number of nitrogens with zero attached hydrogens (tertiary/aromatic N) is 1. The van der Waals surface area contributed by atoms with E-state index in [-0.39, 0.29) is 24.2 Å². The fourth-order valence-corrected chi connectivity index (χ4v) is 2.48. The van der Waals surface area contributed by atoms with Crippen molar-refractivity contribution in [2.45, 2.75) is 45.3 Å². The van der Waals surface area contributed by atoms with Gasteiger partial charge in [-0.05, 0) is 32.4 Å². The second-order valence-corrected chi connectivity index (χ2v) is 6.95. The number of carbonyl (C=O) groups is 2. The van der Waals surface area contributed by atoms with E-state index in [1.165, 1.54) is 12.1 Å². The lowest BCUT2D eigenvalue weighted by atomic mass is 10.1. The van der Waals surface area contributed by atoms with Crippen molar-refractivity contribution in [1.82, 2.24) is 10.3 Å². The summed E-state index contributed by atoms with van der Waals surface area (Å²) in [6.07, 6.45) is -0.116. The van der Waals surface area contributed by atoms with Crippen molar-refractivity contribution >= 4 is 12.0 Å². The Morgan fingerprint density at radius 3 is 2.72 bits per heavy atom. The monoisotopic (exact) mass is 353 g/mol. The van der Waals surface area contributed by atoms with Crippen LogP contribution in [0.15, 0.2) is 18.2 Å². The molecule has 1 aromatic rings. The highest BCUT2D eigenvalue weighted by molar-refractivity contribution is 5.78. The van der Waals surface area contributed by atoms with Crippen LogP contribution in [0.3, 0.4) is 0 Å². The lowest BCUT2D eigenvalue weighted by Crippen LogP contribution is -2.36. The molecule has 3 N–H and O–H groups in total. The van der Waals surface area contributed by atoms with Gasteiger partial charge in [-0.3, -0.25) is 10.2 Å². The van der Waals surface area contributed by atoms with E-state index in [1.54, 1.807) is 11.0 Å². The number of hydrogen-bond donors (Lipinski definition) is 2. The number of hydrogen-bond acceptors (Lipinski definition) is 5. The van der Waals surface area contributed by atoms with Gasteiger partial charge in [0, 0.05) is 19.0 Å². The molecule has 0 aliphatic carbocycles. The summed E-state index contributed by atoms with van der Waals surface area (Å²) in [5, 5.41) is 0. The van der Waals surface area contributed by atoms with Crippen molar-refractivity contribution < 1.29 is 23.5 Å². The second-order valence-electron chi connectivity index (χ2n) is 6.95. The minimum atomic E-state index is -0.551. The number of hydrazine groups is 1. The molecule has 2 rings (SSSR count). The standard InChI is InChI=1S/C17H24FN3O4/c1-17(2,3)25-16(23)21-7-6-13(10-21)24-12-5-4-11(14(18)9-12)8-15(22)20-19/h4-5,9,13H,6-8,10,19H2,1-3H3,(H,20,22)/t13-/m1/s1. The van der Waals surface area contributed by atoms with Crippen LogP contribution >= 0.6 is 0 Å². The molecule has 8 heteroatoms. The Morgan fingerprint density at radius 2 is 2.12 bits per heavy atom. The van der Waals surface area contributed by atoms with E-state index in [0.717, 1.165) is 0 Å². The molecule has 0 aromatic heterocycles. The fraction of sp³-hybridized carbons (Fsp3) is 0.529. The van der Waals surface area contributed by atoms with Crippen LogP contribution < -0.4 is 16.0 Å². The van der Waals surface area contributed by atoms with Crippen molar-refractivity contribution in [2.24, 2.45) is 5.84 Å². The summed E-state index contributed by atoms with van der Waals surface area (Å²) < 4.78 is 25.1. The third-order valence-corrected chi connectivity index (χ3v) is 3.64. The Labute approximate surface area is 146 Å². The molecular formula is C17H24FN3O4. The summed E-state index contributed by atoms with van der Waals surface area (Å²) in [5.74, 6) is 4.33. The minimum absolute atomic E-state index is 0.140. The number of carbonyl (C=O) groups excluding carboxylic acids is 2. The van der Waals surface area contributed by atoms with Crippen LogP contribution in [0.2, 0.25) is 0 Å². The average molecular weight is 353 g/mol. The normalized spacial score (nSPS) is 17.3. The van der Waals surface area contributed by atoms with Gasteiger partial charge in [0.1, 0.15) is 23.3 Å². The Bertz CT molecular complexity index is 645. The number of benzene rings is 1. The predicted octanol–water partition coefficient (Wildman–Crippen LogP) is 1.75. The molecule has 25 heavy (non-hydrogen) atoms. The maximum Gasteiger partial charge on any atom is 0.410 e. The molecule has 0 saturated carbocycles. The van der Waals surface area contributed by atoms with Crippen molar-refractivity contribution in [2.75, 3.05) is 13.1 Å². The number of likely N-dealkylation sites (tertiary alicyclic amines) is 1. The molecule has 7 nitrogen and oxygen atoms in total. The van der Waals surface area contributed by atoms with Crippen LogP contribution in [0, 0.1) is 5.82 Å². The van der Waals surface area contributed by atoms with E-state index in [9.17, 15) is 14.0 Å². The van der Waals surface area contributed by atoms with E-state index in [0.29, 0.717) is 25.3 Å². The van der Waals surface area contributed by atoms with Crippen LogP contribution in [0.4, 0.5) is 9.18 Å². The van der Waals surface area contributed by atoms with E-state index < -0.39 is 17.3 Å². The summed E-state index contributed by atoms with van der Waals surface area (Å²) in [4.78, 5) is 24.8. The number of nitrogens with two attached hydrogens (primary N) is 1.